The van der Waals surface area contributed by atoms with E-state index in [1.807, 2.05) is 0 Å². The van der Waals surface area contributed by atoms with Gasteiger partial charge < -0.3 is 5.11 Å². The molecule has 1 saturated heterocycles. The van der Waals surface area contributed by atoms with Crippen LogP contribution in [0.5, 0.6) is 0 Å². The van der Waals surface area contributed by atoms with Gasteiger partial charge in [-0.2, -0.15) is 0 Å². The van der Waals surface area contributed by atoms with E-state index in [9.17, 15) is 21.6 Å². The van der Waals surface area contributed by atoms with Gasteiger partial charge in [-0.25, -0.2) is 16.8 Å². The van der Waals surface area contributed by atoms with Crippen LogP contribution < -0.4 is 0 Å². The minimum absolute atomic E-state index is 0.00387. The molecule has 6 nitrogen and oxygen atoms in total. The van der Waals surface area contributed by atoms with E-state index < -0.39 is 36.8 Å². The molecule has 0 spiro atoms. The molecular formula is C9H16O6S2. The number of hydrogen-bond acceptors (Lipinski definition) is 5. The minimum atomic E-state index is -3.35. The molecule has 100 valence electrons. The molecule has 1 N–H and O–H groups in total. The van der Waals surface area contributed by atoms with E-state index in [2.05, 4.69) is 0 Å². The molecule has 0 radical (unpaired) electrons. The van der Waals surface area contributed by atoms with Gasteiger partial charge in [-0.05, 0) is 12.8 Å². The fraction of sp³-hybridized carbons (Fsp3) is 0.889. The third-order valence-corrected chi connectivity index (χ3v) is 6.70. The van der Waals surface area contributed by atoms with Crippen LogP contribution in [0.2, 0.25) is 0 Å². The zero-order chi connectivity index (χ0) is 13.3. The lowest BCUT2D eigenvalue weighted by atomic mass is 9.85. The molecule has 0 saturated carbocycles. The van der Waals surface area contributed by atoms with Gasteiger partial charge in [-0.15, -0.1) is 0 Å². The Bertz CT molecular complexity index is 504. The van der Waals surface area contributed by atoms with E-state index in [-0.39, 0.29) is 30.1 Å². The van der Waals surface area contributed by atoms with E-state index in [0.29, 0.717) is 0 Å². The number of sulfone groups is 2. The lowest BCUT2D eigenvalue weighted by Gasteiger charge is -2.21. The molecule has 1 fully saturated rings. The highest BCUT2D eigenvalue weighted by Gasteiger charge is 2.48. The van der Waals surface area contributed by atoms with Crippen molar-refractivity contribution in [1.82, 2.24) is 0 Å². The Morgan fingerprint density at radius 2 is 2.00 bits per heavy atom. The maximum atomic E-state index is 11.3. The van der Waals surface area contributed by atoms with E-state index in [1.165, 1.54) is 6.92 Å². The van der Waals surface area contributed by atoms with E-state index >= 15 is 0 Å². The van der Waals surface area contributed by atoms with Crippen molar-refractivity contribution in [3.8, 4) is 0 Å². The van der Waals surface area contributed by atoms with Gasteiger partial charge in [0.1, 0.15) is 9.84 Å². The Morgan fingerprint density at radius 1 is 1.41 bits per heavy atom. The monoisotopic (exact) mass is 284 g/mol. The summed E-state index contributed by atoms with van der Waals surface area (Å²) in [6.07, 6.45) is -0.123. The molecule has 0 aromatic heterocycles. The van der Waals surface area contributed by atoms with Crippen molar-refractivity contribution in [3.05, 3.63) is 0 Å². The van der Waals surface area contributed by atoms with Crippen molar-refractivity contribution >= 4 is 25.6 Å². The summed E-state index contributed by atoms with van der Waals surface area (Å²) in [7, 11) is -6.62. The fourth-order valence-electron chi connectivity index (χ4n) is 1.88. The predicted octanol–water partition coefficient (Wildman–Crippen LogP) is -0.299. The summed E-state index contributed by atoms with van der Waals surface area (Å²) in [6, 6.07) is 0. The maximum absolute atomic E-state index is 11.3. The molecular weight excluding hydrogens is 268 g/mol. The van der Waals surface area contributed by atoms with Crippen molar-refractivity contribution in [2.45, 2.75) is 19.8 Å². The largest absolute Gasteiger partial charge is 0.481 e. The van der Waals surface area contributed by atoms with Crippen LogP contribution in [0.4, 0.5) is 0 Å². The van der Waals surface area contributed by atoms with Crippen LogP contribution in [0.3, 0.4) is 0 Å². The first-order valence-electron chi connectivity index (χ1n) is 5.27. The van der Waals surface area contributed by atoms with Gasteiger partial charge in [0.2, 0.25) is 0 Å². The van der Waals surface area contributed by atoms with Gasteiger partial charge in [0.15, 0.2) is 9.84 Å². The second-order valence-corrected chi connectivity index (χ2v) is 9.07. The molecule has 1 atom stereocenters. The molecule has 1 heterocycles. The number of carboxylic acid groups (broad SMARTS) is 1. The van der Waals surface area contributed by atoms with Crippen LogP contribution >= 0.6 is 0 Å². The summed E-state index contributed by atoms with van der Waals surface area (Å²) < 4.78 is 45.3. The van der Waals surface area contributed by atoms with Gasteiger partial charge in [-0.3, -0.25) is 4.79 Å². The summed E-state index contributed by atoms with van der Waals surface area (Å²) in [5, 5.41) is 9.11. The summed E-state index contributed by atoms with van der Waals surface area (Å²) in [4.78, 5) is 11.2. The van der Waals surface area contributed by atoms with Gasteiger partial charge in [-0.1, -0.05) is 6.92 Å². The Morgan fingerprint density at radius 3 is 2.35 bits per heavy atom. The Balaban J connectivity index is 2.87. The third-order valence-electron chi connectivity index (χ3n) is 3.17. The van der Waals surface area contributed by atoms with Crippen molar-refractivity contribution in [2.24, 2.45) is 5.41 Å². The van der Waals surface area contributed by atoms with Crippen LogP contribution in [0.15, 0.2) is 0 Å². The van der Waals surface area contributed by atoms with E-state index in [4.69, 9.17) is 5.11 Å². The van der Waals surface area contributed by atoms with Crippen LogP contribution in [-0.4, -0.2) is 50.9 Å². The Labute approximate surface area is 101 Å². The quantitative estimate of drug-likeness (QED) is 0.743. The maximum Gasteiger partial charge on any atom is 0.310 e. The molecule has 0 aliphatic carbocycles. The highest BCUT2D eigenvalue weighted by Crippen LogP contribution is 2.36. The molecule has 0 aromatic rings. The first kappa shape index (κ1) is 14.4. The predicted molar refractivity (Wildman–Crippen MR) is 62.3 cm³/mol. The summed E-state index contributed by atoms with van der Waals surface area (Å²) in [5.41, 5.74) is -1.42. The second kappa shape index (κ2) is 4.56. The van der Waals surface area contributed by atoms with E-state index in [1.54, 1.807) is 0 Å². The van der Waals surface area contributed by atoms with Gasteiger partial charge in [0.25, 0.3) is 0 Å². The number of aliphatic carboxylic acids is 1. The molecule has 1 unspecified atom stereocenters. The first-order chi connectivity index (χ1) is 7.63. The number of carboxylic acids is 1. The van der Waals surface area contributed by atoms with E-state index in [0.717, 1.165) is 0 Å². The lowest BCUT2D eigenvalue weighted by Crippen LogP contribution is -2.34. The molecule has 0 amide bonds. The van der Waals surface area contributed by atoms with Gasteiger partial charge >= 0.3 is 5.97 Å². The molecule has 0 aromatic carbocycles. The normalized spacial score (nSPS) is 28.1. The Hall–Kier alpha value is -0.630. The Kier molecular flexibility index (Phi) is 3.87. The number of hydrogen-bond donors (Lipinski definition) is 1. The molecule has 0 bridgehead atoms. The zero-order valence-electron chi connectivity index (χ0n) is 9.55. The van der Waals surface area contributed by atoms with Gasteiger partial charge in [0.05, 0.1) is 22.7 Å². The second-order valence-electron chi connectivity index (χ2n) is 4.41. The van der Waals surface area contributed by atoms with Crippen LogP contribution in [0.1, 0.15) is 19.8 Å². The van der Waals surface area contributed by atoms with Crippen LogP contribution in [0.25, 0.3) is 0 Å². The lowest BCUT2D eigenvalue weighted by molar-refractivity contribution is -0.147. The SMILES string of the molecule is CCS(=O)(=O)CCC1(C(=O)O)CCS(=O)(=O)C1. The smallest absolute Gasteiger partial charge is 0.310 e. The summed E-state index contributed by atoms with van der Waals surface area (Å²) in [6.45, 7) is 1.48. The highest BCUT2D eigenvalue weighted by molar-refractivity contribution is 7.92. The summed E-state index contributed by atoms with van der Waals surface area (Å²) >= 11 is 0. The van der Waals surface area contributed by atoms with Crippen molar-refractivity contribution in [1.29, 1.82) is 0 Å². The summed E-state index contributed by atoms with van der Waals surface area (Å²) in [5.74, 6) is -2.18. The molecule has 8 heteroatoms. The molecule has 1 aliphatic rings. The topological polar surface area (TPSA) is 106 Å². The highest BCUT2D eigenvalue weighted by atomic mass is 32.2. The zero-order valence-corrected chi connectivity index (χ0v) is 11.2. The van der Waals surface area contributed by atoms with Crippen molar-refractivity contribution in [3.63, 3.8) is 0 Å². The van der Waals surface area contributed by atoms with Crippen LogP contribution in [0, 0.1) is 5.41 Å². The third kappa shape index (κ3) is 3.41. The molecule has 1 rings (SSSR count). The van der Waals surface area contributed by atoms with Crippen molar-refractivity contribution < 1.29 is 26.7 Å². The van der Waals surface area contributed by atoms with Crippen molar-refractivity contribution in [2.75, 3.05) is 23.0 Å². The first-order valence-corrected chi connectivity index (χ1v) is 8.91. The van der Waals surface area contributed by atoms with Crippen LogP contribution in [-0.2, 0) is 24.5 Å². The van der Waals surface area contributed by atoms with Gasteiger partial charge in [0, 0.05) is 5.75 Å². The standard InChI is InChI=1S/C9H16O6S2/c1-2-16(12,13)5-3-9(8(10)11)4-6-17(14,15)7-9/h2-7H2,1H3,(H,10,11). The molecule has 17 heavy (non-hydrogen) atoms. The number of rotatable bonds is 5. The average molecular weight is 284 g/mol. The molecule has 1 aliphatic heterocycles. The fourth-order valence-corrected chi connectivity index (χ4v) is 4.97. The minimum Gasteiger partial charge on any atom is -0.481 e. The number of carbonyl (C=O) groups is 1. The average Bonchev–Trinajstić information content (AvgIpc) is 2.53.